The van der Waals surface area contributed by atoms with E-state index in [0.717, 1.165) is 121 Å². The van der Waals surface area contributed by atoms with Crippen LogP contribution in [0.15, 0.2) is 24.3 Å². The van der Waals surface area contributed by atoms with Crippen LogP contribution >= 0.6 is 15.6 Å². The molecule has 0 aliphatic heterocycles. The van der Waals surface area contributed by atoms with Gasteiger partial charge >= 0.3 is 39.5 Å². The molecule has 82 heavy (non-hydrogen) atoms. The summed E-state index contributed by atoms with van der Waals surface area (Å²) < 4.78 is 67.6. The fourth-order valence-electron chi connectivity index (χ4n) is 8.87. The number of rotatable bonds is 61. The Morgan fingerprint density at radius 1 is 0.378 bits per heavy atom. The molecule has 0 saturated heterocycles. The summed E-state index contributed by atoms with van der Waals surface area (Å²) in [5.41, 5.74) is 0. The van der Waals surface area contributed by atoms with Crippen LogP contribution in [0.1, 0.15) is 291 Å². The summed E-state index contributed by atoms with van der Waals surface area (Å²) in [6.07, 6.45) is 42.9. The summed E-state index contributed by atoms with van der Waals surface area (Å²) in [6.45, 7) is 7.00. The average molecular weight is 1210 g/mol. The number of phosphoric acid groups is 2. The maximum absolute atomic E-state index is 13.0. The van der Waals surface area contributed by atoms with Crippen LogP contribution in [-0.2, 0) is 65.4 Å². The Balaban J connectivity index is 5.21. The highest BCUT2D eigenvalue weighted by Crippen LogP contribution is 2.45. The van der Waals surface area contributed by atoms with Gasteiger partial charge in [-0.3, -0.25) is 37.3 Å². The molecule has 0 rings (SSSR count). The van der Waals surface area contributed by atoms with Crippen molar-refractivity contribution in [2.75, 3.05) is 39.6 Å². The van der Waals surface area contributed by atoms with Gasteiger partial charge in [0, 0.05) is 25.7 Å². The molecule has 3 N–H and O–H groups in total. The molecule has 0 aromatic carbocycles. The van der Waals surface area contributed by atoms with Gasteiger partial charge in [-0.05, 0) is 57.3 Å². The summed E-state index contributed by atoms with van der Waals surface area (Å²) in [7, 11) is -9.88. The molecule has 0 amide bonds. The maximum Gasteiger partial charge on any atom is 0.472 e. The summed E-state index contributed by atoms with van der Waals surface area (Å²) in [5, 5.41) is 10.5. The number of allylic oxidation sites excluding steroid dienone is 4. The van der Waals surface area contributed by atoms with Crippen molar-refractivity contribution in [3.8, 4) is 0 Å². The Bertz CT molecular complexity index is 1690. The van der Waals surface area contributed by atoms with Crippen LogP contribution < -0.4 is 0 Å². The van der Waals surface area contributed by atoms with Gasteiger partial charge in [0.1, 0.15) is 19.3 Å². The minimum atomic E-state index is -4.95. The third-order valence-electron chi connectivity index (χ3n) is 13.9. The molecule has 19 heteroatoms. The van der Waals surface area contributed by atoms with Gasteiger partial charge in [-0.2, -0.15) is 0 Å². The normalized spacial score (nSPS) is 14.5. The fraction of sp³-hybridized carbons (Fsp3) is 0.873. The molecular formula is C63H118O17P2. The molecule has 0 aliphatic rings. The first-order valence-corrected chi connectivity index (χ1v) is 35.4. The Kier molecular flexibility index (Phi) is 54.7. The van der Waals surface area contributed by atoms with E-state index in [2.05, 4.69) is 58.9 Å². The van der Waals surface area contributed by atoms with Crippen molar-refractivity contribution in [3.05, 3.63) is 24.3 Å². The van der Waals surface area contributed by atoms with Gasteiger partial charge in [0.05, 0.1) is 26.4 Å². The molecule has 0 aromatic heterocycles. The molecule has 0 bridgehead atoms. The largest absolute Gasteiger partial charge is 0.472 e. The van der Waals surface area contributed by atoms with Gasteiger partial charge in [0.25, 0.3) is 0 Å². The first-order valence-electron chi connectivity index (χ1n) is 32.5. The van der Waals surface area contributed by atoms with E-state index in [9.17, 15) is 43.2 Å². The number of carbonyl (C=O) groups excluding carboxylic acids is 4. The molecule has 0 heterocycles. The van der Waals surface area contributed by atoms with Crippen LogP contribution in [0.2, 0.25) is 0 Å². The van der Waals surface area contributed by atoms with E-state index >= 15 is 0 Å². The SMILES string of the molecule is CCCCCC/C=C\C=C/CCCCCCCC(=O)O[C@H](COC(=O)CCCCCCCCCCCCCC(C)C)COP(=O)(O)OC[C@@H](O)COP(=O)(O)OC[C@@H](COC(=O)CCCCCCC)OC(=O)CCCCCCCCCC. The smallest absolute Gasteiger partial charge is 0.462 e. The molecule has 0 spiro atoms. The number of carbonyl (C=O) groups is 4. The fourth-order valence-corrected chi connectivity index (χ4v) is 10.4. The van der Waals surface area contributed by atoms with Crippen molar-refractivity contribution in [1.29, 1.82) is 0 Å². The monoisotopic (exact) mass is 1210 g/mol. The number of phosphoric ester groups is 2. The molecular weight excluding hydrogens is 1090 g/mol. The number of hydrogen-bond donors (Lipinski definition) is 3. The minimum Gasteiger partial charge on any atom is -0.462 e. The third kappa shape index (κ3) is 56.7. The standard InChI is InChI=1S/C63H118O17P2/c1-6-9-12-15-17-19-20-21-22-23-26-30-34-39-44-49-63(68)80-59(53-74-61(66)47-42-37-33-29-27-24-25-28-31-36-40-45-56(4)5)55-78-82(71,72)76-51-57(64)50-75-81(69,70)77-54-58(52-73-60(65)46-41-35-14-11-8-3)79-62(67)48-43-38-32-18-16-13-10-7-2/h19-22,56-59,64H,6-18,23-55H2,1-5H3,(H,69,70)(H,71,72)/b20-19-,22-21-/t57-,58+,59+/m0/s1. The van der Waals surface area contributed by atoms with Crippen molar-refractivity contribution in [2.24, 2.45) is 5.92 Å². The zero-order valence-corrected chi connectivity index (χ0v) is 53.9. The Morgan fingerprint density at radius 2 is 0.659 bits per heavy atom. The van der Waals surface area contributed by atoms with Crippen LogP contribution in [0.3, 0.4) is 0 Å². The van der Waals surface area contributed by atoms with E-state index in [0.29, 0.717) is 25.7 Å². The van der Waals surface area contributed by atoms with E-state index in [-0.39, 0.29) is 25.7 Å². The van der Waals surface area contributed by atoms with Gasteiger partial charge in [-0.15, -0.1) is 0 Å². The van der Waals surface area contributed by atoms with Crippen molar-refractivity contribution in [1.82, 2.24) is 0 Å². The van der Waals surface area contributed by atoms with Crippen LogP contribution in [-0.4, -0.2) is 96.7 Å². The van der Waals surface area contributed by atoms with E-state index in [1.54, 1.807) is 0 Å². The van der Waals surface area contributed by atoms with Crippen LogP contribution in [0.25, 0.3) is 0 Å². The highest BCUT2D eigenvalue weighted by molar-refractivity contribution is 7.47. The van der Waals surface area contributed by atoms with Gasteiger partial charge < -0.3 is 33.8 Å². The lowest BCUT2D eigenvalue weighted by molar-refractivity contribution is -0.161. The maximum atomic E-state index is 13.0. The Labute approximate surface area is 497 Å². The molecule has 2 unspecified atom stereocenters. The molecule has 5 atom stereocenters. The van der Waals surface area contributed by atoms with Crippen molar-refractivity contribution in [2.45, 2.75) is 310 Å². The number of ether oxygens (including phenoxy) is 4. The first-order chi connectivity index (χ1) is 39.5. The van der Waals surface area contributed by atoms with E-state index < -0.39 is 97.5 Å². The second kappa shape index (κ2) is 56.4. The van der Waals surface area contributed by atoms with Crippen LogP contribution in [0.5, 0.6) is 0 Å². The summed E-state index contributed by atoms with van der Waals surface area (Å²) in [5.74, 6) is -1.41. The predicted molar refractivity (Wildman–Crippen MR) is 326 cm³/mol. The van der Waals surface area contributed by atoms with E-state index in [1.165, 1.54) is 89.9 Å². The number of hydrogen-bond acceptors (Lipinski definition) is 15. The van der Waals surface area contributed by atoms with E-state index in [4.69, 9.17) is 37.0 Å². The molecule has 0 radical (unpaired) electrons. The zero-order valence-electron chi connectivity index (χ0n) is 52.1. The third-order valence-corrected chi connectivity index (χ3v) is 15.8. The van der Waals surface area contributed by atoms with Gasteiger partial charge in [-0.25, -0.2) is 9.13 Å². The second-order valence-corrected chi connectivity index (χ2v) is 25.5. The topological polar surface area (TPSA) is 237 Å². The van der Waals surface area contributed by atoms with Gasteiger partial charge in [0.15, 0.2) is 12.2 Å². The van der Waals surface area contributed by atoms with Crippen molar-refractivity contribution in [3.63, 3.8) is 0 Å². The second-order valence-electron chi connectivity index (χ2n) is 22.6. The molecule has 17 nitrogen and oxygen atoms in total. The van der Waals surface area contributed by atoms with Crippen molar-refractivity contribution < 1.29 is 80.2 Å². The van der Waals surface area contributed by atoms with Crippen molar-refractivity contribution >= 4 is 39.5 Å². The number of unbranched alkanes of at least 4 members (excludes halogenated alkanes) is 30. The van der Waals surface area contributed by atoms with Gasteiger partial charge in [-0.1, -0.05) is 239 Å². The molecule has 0 fully saturated rings. The molecule has 0 aromatic rings. The molecule has 0 saturated carbocycles. The number of aliphatic hydroxyl groups is 1. The highest BCUT2D eigenvalue weighted by Gasteiger charge is 2.30. The highest BCUT2D eigenvalue weighted by atomic mass is 31.2. The zero-order chi connectivity index (χ0) is 60.6. The lowest BCUT2D eigenvalue weighted by Gasteiger charge is -2.21. The summed E-state index contributed by atoms with van der Waals surface area (Å²) in [6, 6.07) is 0. The Hall–Kier alpha value is -2.46. The first kappa shape index (κ1) is 79.5. The summed E-state index contributed by atoms with van der Waals surface area (Å²) in [4.78, 5) is 71.8. The minimum absolute atomic E-state index is 0.0848. The predicted octanol–water partition coefficient (Wildman–Crippen LogP) is 17.0. The quantitative estimate of drug-likeness (QED) is 0.0169. The van der Waals surface area contributed by atoms with Crippen LogP contribution in [0.4, 0.5) is 0 Å². The summed E-state index contributed by atoms with van der Waals surface area (Å²) >= 11 is 0. The Morgan fingerprint density at radius 3 is 1.00 bits per heavy atom. The lowest BCUT2D eigenvalue weighted by Crippen LogP contribution is -2.30. The van der Waals surface area contributed by atoms with E-state index in [1.807, 2.05) is 0 Å². The van der Waals surface area contributed by atoms with Crippen LogP contribution in [0, 0.1) is 5.92 Å². The average Bonchev–Trinajstić information content (AvgIpc) is 3.44. The molecule has 0 aliphatic carbocycles. The number of esters is 4. The lowest BCUT2D eigenvalue weighted by atomic mass is 10.0. The van der Waals surface area contributed by atoms with Gasteiger partial charge in [0.2, 0.25) is 0 Å². The number of aliphatic hydroxyl groups excluding tert-OH is 1. The molecule has 482 valence electrons.